The zero-order valence-corrected chi connectivity index (χ0v) is 9.93. The van der Waals surface area contributed by atoms with Crippen LogP contribution in [0.1, 0.15) is 36.9 Å². The first-order valence-electron chi connectivity index (χ1n) is 5.04. The number of amides is 1. The van der Waals surface area contributed by atoms with E-state index in [4.69, 9.17) is 5.73 Å². The van der Waals surface area contributed by atoms with Crippen molar-refractivity contribution in [2.24, 2.45) is 5.73 Å². The minimum absolute atomic E-state index is 0.0150. The summed E-state index contributed by atoms with van der Waals surface area (Å²) in [4.78, 5) is 15.6. The van der Waals surface area contributed by atoms with Crippen molar-refractivity contribution in [1.82, 2.24) is 10.3 Å². The molecule has 4 nitrogen and oxygen atoms in total. The Bertz CT molecular complexity index is 322. The van der Waals surface area contributed by atoms with E-state index in [1.807, 2.05) is 5.38 Å². The third-order valence-electron chi connectivity index (χ3n) is 1.97. The summed E-state index contributed by atoms with van der Waals surface area (Å²) in [6.45, 7) is 5.11. The Labute approximate surface area is 93.9 Å². The van der Waals surface area contributed by atoms with Gasteiger partial charge in [-0.3, -0.25) is 4.79 Å². The lowest BCUT2D eigenvalue weighted by Crippen LogP contribution is -2.24. The van der Waals surface area contributed by atoms with Crippen LogP contribution in [0.3, 0.4) is 0 Å². The summed E-state index contributed by atoms with van der Waals surface area (Å²) in [6, 6.07) is 0. The monoisotopic (exact) mass is 227 g/mol. The van der Waals surface area contributed by atoms with Crippen LogP contribution in [0, 0.1) is 0 Å². The maximum Gasteiger partial charge on any atom is 0.221 e. The van der Waals surface area contributed by atoms with Crippen LogP contribution < -0.4 is 11.1 Å². The first-order chi connectivity index (χ1) is 7.13. The van der Waals surface area contributed by atoms with Crippen LogP contribution in [0.5, 0.6) is 0 Å². The molecule has 0 aliphatic rings. The Kier molecular flexibility index (Phi) is 4.71. The molecule has 15 heavy (non-hydrogen) atoms. The maximum absolute atomic E-state index is 11.1. The summed E-state index contributed by atoms with van der Waals surface area (Å²) in [5.41, 5.74) is 6.35. The first kappa shape index (κ1) is 12.1. The van der Waals surface area contributed by atoms with Gasteiger partial charge < -0.3 is 11.1 Å². The Morgan fingerprint density at radius 1 is 1.67 bits per heavy atom. The number of rotatable bonds is 5. The smallest absolute Gasteiger partial charge is 0.221 e. The van der Waals surface area contributed by atoms with Crippen molar-refractivity contribution < 1.29 is 4.79 Å². The predicted molar refractivity (Wildman–Crippen MR) is 61.7 cm³/mol. The van der Waals surface area contributed by atoms with Gasteiger partial charge in [0.1, 0.15) is 5.01 Å². The number of nitrogens with zero attached hydrogens (tertiary/aromatic N) is 1. The Hall–Kier alpha value is -0.940. The lowest BCUT2D eigenvalue weighted by molar-refractivity contribution is -0.121. The quantitative estimate of drug-likeness (QED) is 0.795. The van der Waals surface area contributed by atoms with Crippen LogP contribution in [-0.2, 0) is 11.3 Å². The molecule has 0 saturated carbocycles. The number of nitrogens with one attached hydrogen (secondary N) is 1. The molecule has 5 heteroatoms. The Morgan fingerprint density at radius 2 is 2.40 bits per heavy atom. The molecular weight excluding hydrogens is 210 g/mol. The maximum atomic E-state index is 11.1. The normalized spacial score (nSPS) is 10.7. The van der Waals surface area contributed by atoms with Crippen LogP contribution in [0.2, 0.25) is 0 Å². The van der Waals surface area contributed by atoms with E-state index in [0.29, 0.717) is 25.4 Å². The van der Waals surface area contributed by atoms with Gasteiger partial charge in [0.2, 0.25) is 5.91 Å². The lowest BCUT2D eigenvalue weighted by atomic mass is 10.2. The van der Waals surface area contributed by atoms with Crippen LogP contribution in [0.4, 0.5) is 0 Å². The third-order valence-corrected chi connectivity index (χ3v) is 2.84. The fourth-order valence-electron chi connectivity index (χ4n) is 1.07. The minimum atomic E-state index is -0.0150. The SMILES string of the molecule is CC(C)c1csc(CNC(=O)CCN)n1. The highest BCUT2D eigenvalue weighted by Crippen LogP contribution is 2.17. The number of thiazole rings is 1. The van der Waals surface area contributed by atoms with E-state index in [1.165, 1.54) is 0 Å². The van der Waals surface area contributed by atoms with Crippen molar-refractivity contribution in [2.75, 3.05) is 6.54 Å². The van der Waals surface area contributed by atoms with Crippen molar-refractivity contribution in [1.29, 1.82) is 0 Å². The van der Waals surface area contributed by atoms with Crippen molar-refractivity contribution in [3.8, 4) is 0 Å². The molecule has 1 aromatic heterocycles. The van der Waals surface area contributed by atoms with Gasteiger partial charge in [-0.2, -0.15) is 0 Å². The summed E-state index contributed by atoms with van der Waals surface area (Å²) in [5.74, 6) is 0.425. The summed E-state index contributed by atoms with van der Waals surface area (Å²) >= 11 is 1.58. The second kappa shape index (κ2) is 5.82. The molecule has 0 aromatic carbocycles. The fraction of sp³-hybridized carbons (Fsp3) is 0.600. The average molecular weight is 227 g/mol. The first-order valence-corrected chi connectivity index (χ1v) is 5.92. The molecule has 0 radical (unpaired) electrons. The van der Waals surface area contributed by atoms with Crippen LogP contribution >= 0.6 is 11.3 Å². The summed E-state index contributed by atoms with van der Waals surface area (Å²) in [5, 5.41) is 5.77. The van der Waals surface area contributed by atoms with Crippen LogP contribution in [0.25, 0.3) is 0 Å². The van der Waals surface area contributed by atoms with E-state index in [2.05, 4.69) is 24.1 Å². The zero-order chi connectivity index (χ0) is 11.3. The standard InChI is InChI=1S/C10H17N3OS/c1-7(2)8-6-15-10(13-8)5-12-9(14)3-4-11/h6-7H,3-5,11H2,1-2H3,(H,12,14). The van der Waals surface area contributed by atoms with Gasteiger partial charge >= 0.3 is 0 Å². The van der Waals surface area contributed by atoms with E-state index in [-0.39, 0.29) is 5.91 Å². The molecule has 1 heterocycles. The highest BCUT2D eigenvalue weighted by Gasteiger charge is 2.06. The molecule has 0 atom stereocenters. The Morgan fingerprint density at radius 3 is 2.93 bits per heavy atom. The molecule has 1 rings (SSSR count). The molecule has 3 N–H and O–H groups in total. The van der Waals surface area contributed by atoms with Crippen molar-refractivity contribution >= 4 is 17.2 Å². The highest BCUT2D eigenvalue weighted by molar-refractivity contribution is 7.09. The number of carbonyl (C=O) groups excluding carboxylic acids is 1. The topological polar surface area (TPSA) is 68.0 Å². The minimum Gasteiger partial charge on any atom is -0.350 e. The number of aromatic nitrogens is 1. The van der Waals surface area contributed by atoms with Gasteiger partial charge in [-0.25, -0.2) is 4.98 Å². The van der Waals surface area contributed by atoms with E-state index >= 15 is 0 Å². The van der Waals surface area contributed by atoms with E-state index in [1.54, 1.807) is 11.3 Å². The van der Waals surface area contributed by atoms with Crippen LogP contribution in [0.15, 0.2) is 5.38 Å². The molecule has 0 unspecified atom stereocenters. The van der Waals surface area contributed by atoms with Gasteiger partial charge in [0.05, 0.1) is 12.2 Å². The number of hydrogen-bond donors (Lipinski definition) is 2. The van der Waals surface area contributed by atoms with Gasteiger partial charge in [-0.15, -0.1) is 11.3 Å². The van der Waals surface area contributed by atoms with E-state index in [0.717, 1.165) is 10.7 Å². The number of nitrogens with two attached hydrogens (primary N) is 1. The van der Waals surface area contributed by atoms with Crippen molar-refractivity contribution in [3.05, 3.63) is 16.1 Å². The van der Waals surface area contributed by atoms with Gasteiger partial charge in [0.25, 0.3) is 0 Å². The van der Waals surface area contributed by atoms with Crippen molar-refractivity contribution in [3.63, 3.8) is 0 Å². The van der Waals surface area contributed by atoms with Gasteiger partial charge in [-0.1, -0.05) is 13.8 Å². The highest BCUT2D eigenvalue weighted by atomic mass is 32.1. The van der Waals surface area contributed by atoms with E-state index < -0.39 is 0 Å². The average Bonchev–Trinajstić information content (AvgIpc) is 2.63. The molecule has 0 aliphatic carbocycles. The number of hydrogen-bond acceptors (Lipinski definition) is 4. The largest absolute Gasteiger partial charge is 0.350 e. The molecule has 1 amide bonds. The molecule has 0 aliphatic heterocycles. The van der Waals surface area contributed by atoms with Gasteiger partial charge in [0.15, 0.2) is 0 Å². The van der Waals surface area contributed by atoms with Crippen molar-refractivity contribution in [2.45, 2.75) is 32.7 Å². The predicted octanol–water partition coefficient (Wildman–Crippen LogP) is 1.23. The number of carbonyl (C=O) groups is 1. The van der Waals surface area contributed by atoms with Crippen LogP contribution in [-0.4, -0.2) is 17.4 Å². The molecular formula is C10H17N3OS. The Balaban J connectivity index is 2.41. The summed E-state index contributed by atoms with van der Waals surface area (Å²) < 4.78 is 0. The fourth-order valence-corrected chi connectivity index (χ4v) is 1.96. The molecule has 1 aromatic rings. The molecule has 0 bridgehead atoms. The second-order valence-electron chi connectivity index (χ2n) is 3.64. The second-order valence-corrected chi connectivity index (χ2v) is 4.58. The van der Waals surface area contributed by atoms with E-state index in [9.17, 15) is 4.79 Å². The molecule has 0 saturated heterocycles. The summed E-state index contributed by atoms with van der Waals surface area (Å²) in [7, 11) is 0. The van der Waals surface area contributed by atoms with Gasteiger partial charge in [0, 0.05) is 18.3 Å². The molecule has 84 valence electrons. The molecule has 0 spiro atoms. The lowest BCUT2D eigenvalue weighted by Gasteiger charge is -2.01. The molecule has 0 fully saturated rings. The van der Waals surface area contributed by atoms with Gasteiger partial charge in [-0.05, 0) is 5.92 Å². The zero-order valence-electron chi connectivity index (χ0n) is 9.12. The summed E-state index contributed by atoms with van der Waals surface area (Å²) in [6.07, 6.45) is 0.377. The third kappa shape index (κ3) is 3.97.